The fraction of sp³-hybridized carbons (Fsp3) is 0.786. The molecule has 1 aromatic heterocycles. The Labute approximate surface area is 126 Å². The quantitative estimate of drug-likeness (QED) is 0.787. The maximum Gasteiger partial charge on any atom is 0.494 e. The van der Waals surface area contributed by atoms with E-state index < -0.39 is 18.3 Å². The van der Waals surface area contributed by atoms with Crippen molar-refractivity contribution in [2.24, 2.45) is 0 Å². The fourth-order valence-electron chi connectivity index (χ4n) is 2.06. The lowest BCUT2D eigenvalue weighted by atomic mass is 9.78. The van der Waals surface area contributed by atoms with Gasteiger partial charge in [0.1, 0.15) is 6.23 Å². The zero-order valence-corrected chi connectivity index (χ0v) is 13.2. The predicted octanol–water partition coefficient (Wildman–Crippen LogP) is 0.836. The number of hydrogen-bond acceptors (Lipinski definition) is 5. The molecule has 1 atom stereocenters. The molecule has 1 saturated heterocycles. The van der Waals surface area contributed by atoms with Crippen LogP contribution in [-0.4, -0.2) is 44.8 Å². The van der Waals surface area contributed by atoms with E-state index in [1.54, 1.807) is 44.8 Å². The standard InChI is InChI=1S/C14H25BN2O4/c1-13(2,18)14(3,4)21-15(19)11-9-16-17(10-11)12-7-5-6-8-20-12/h9-10,12,18-19H,5-8H2,1-4H3. The Morgan fingerprint density at radius 1 is 1.38 bits per heavy atom. The van der Waals surface area contributed by atoms with E-state index in [2.05, 4.69) is 5.10 Å². The molecule has 0 radical (unpaired) electrons. The molecule has 0 aliphatic carbocycles. The van der Waals surface area contributed by atoms with Gasteiger partial charge in [-0.05, 0) is 47.0 Å². The SMILES string of the molecule is CC(C)(O)C(C)(C)OB(O)c1cnn(C2CCCCO2)c1. The third-order valence-corrected chi connectivity index (χ3v) is 4.24. The number of aromatic nitrogens is 2. The maximum atomic E-state index is 10.2. The van der Waals surface area contributed by atoms with Gasteiger partial charge in [0, 0.05) is 24.5 Å². The van der Waals surface area contributed by atoms with E-state index in [1.165, 1.54) is 0 Å². The highest BCUT2D eigenvalue weighted by atomic mass is 16.5. The highest BCUT2D eigenvalue weighted by Gasteiger charge is 2.40. The largest absolute Gasteiger partial charge is 0.494 e. The van der Waals surface area contributed by atoms with E-state index in [-0.39, 0.29) is 6.23 Å². The third kappa shape index (κ3) is 3.85. The summed E-state index contributed by atoms with van der Waals surface area (Å²) in [5.41, 5.74) is -1.41. The van der Waals surface area contributed by atoms with E-state index >= 15 is 0 Å². The Morgan fingerprint density at radius 3 is 2.67 bits per heavy atom. The molecule has 6 nitrogen and oxygen atoms in total. The van der Waals surface area contributed by atoms with Crippen molar-refractivity contribution in [3.8, 4) is 0 Å². The number of nitrogens with zero attached hydrogens (tertiary/aromatic N) is 2. The lowest BCUT2D eigenvalue weighted by Gasteiger charge is -2.38. The number of aliphatic hydroxyl groups is 1. The average Bonchev–Trinajstić information content (AvgIpc) is 2.87. The van der Waals surface area contributed by atoms with Crippen LogP contribution in [-0.2, 0) is 9.39 Å². The van der Waals surface area contributed by atoms with Gasteiger partial charge in [0.05, 0.1) is 11.2 Å². The van der Waals surface area contributed by atoms with Crippen LogP contribution in [0.1, 0.15) is 53.2 Å². The molecular formula is C14H25BN2O4. The summed E-state index contributed by atoms with van der Waals surface area (Å²) < 4.78 is 13.0. The summed E-state index contributed by atoms with van der Waals surface area (Å²) in [6.07, 6.45) is 6.36. The topological polar surface area (TPSA) is 76.7 Å². The Bertz CT molecular complexity index is 464. The summed E-state index contributed by atoms with van der Waals surface area (Å²) >= 11 is 0. The molecule has 2 rings (SSSR count). The molecule has 0 spiro atoms. The molecule has 2 N–H and O–H groups in total. The molecule has 0 saturated carbocycles. The van der Waals surface area contributed by atoms with Crippen molar-refractivity contribution in [1.29, 1.82) is 0 Å². The second kappa shape index (κ2) is 6.08. The van der Waals surface area contributed by atoms with Crippen LogP contribution in [0.2, 0.25) is 0 Å². The van der Waals surface area contributed by atoms with Gasteiger partial charge < -0.3 is 19.5 Å². The molecule has 118 valence electrons. The molecule has 1 unspecified atom stereocenters. The Hall–Kier alpha value is -0.885. The zero-order valence-electron chi connectivity index (χ0n) is 13.2. The van der Waals surface area contributed by atoms with Crippen LogP contribution in [0.25, 0.3) is 0 Å². The maximum absolute atomic E-state index is 10.2. The first kappa shape index (κ1) is 16.5. The van der Waals surface area contributed by atoms with Crippen molar-refractivity contribution in [1.82, 2.24) is 9.78 Å². The minimum Gasteiger partial charge on any atom is -0.423 e. The highest BCUT2D eigenvalue weighted by molar-refractivity contribution is 6.59. The molecule has 2 heterocycles. The van der Waals surface area contributed by atoms with Crippen LogP contribution < -0.4 is 5.46 Å². The molecule has 0 aromatic carbocycles. The van der Waals surface area contributed by atoms with Gasteiger partial charge in [-0.15, -0.1) is 0 Å². The highest BCUT2D eigenvalue weighted by Crippen LogP contribution is 2.25. The van der Waals surface area contributed by atoms with Gasteiger partial charge in [0.25, 0.3) is 0 Å². The summed E-state index contributed by atoms with van der Waals surface area (Å²) in [6, 6.07) is 0. The zero-order chi connectivity index (χ0) is 15.7. The Balaban J connectivity index is 2.03. The van der Waals surface area contributed by atoms with Gasteiger partial charge >= 0.3 is 7.12 Å². The van der Waals surface area contributed by atoms with Crippen LogP contribution in [0, 0.1) is 0 Å². The molecule has 1 aliphatic rings. The number of rotatable bonds is 5. The fourth-order valence-corrected chi connectivity index (χ4v) is 2.06. The van der Waals surface area contributed by atoms with Crippen LogP contribution >= 0.6 is 0 Å². The van der Waals surface area contributed by atoms with Gasteiger partial charge in [-0.3, -0.25) is 0 Å². The molecular weight excluding hydrogens is 271 g/mol. The normalized spacial score (nSPS) is 20.6. The summed E-state index contributed by atoms with van der Waals surface area (Å²) in [5.74, 6) is 0. The van der Waals surface area contributed by atoms with E-state index in [0.29, 0.717) is 5.46 Å². The van der Waals surface area contributed by atoms with Gasteiger partial charge in [-0.1, -0.05) is 0 Å². The molecule has 1 aliphatic heterocycles. The number of hydrogen-bond donors (Lipinski definition) is 2. The second-order valence-corrected chi connectivity index (χ2v) is 6.61. The van der Waals surface area contributed by atoms with E-state index in [9.17, 15) is 10.1 Å². The first-order chi connectivity index (χ1) is 9.71. The van der Waals surface area contributed by atoms with E-state index in [1.807, 2.05) is 0 Å². The Kier molecular flexibility index (Phi) is 4.77. The lowest BCUT2D eigenvalue weighted by molar-refractivity contribution is -0.0982. The van der Waals surface area contributed by atoms with E-state index in [4.69, 9.17) is 9.39 Å². The molecule has 1 aromatic rings. The molecule has 21 heavy (non-hydrogen) atoms. The van der Waals surface area contributed by atoms with Crippen LogP contribution in [0.15, 0.2) is 12.4 Å². The first-order valence-corrected chi connectivity index (χ1v) is 7.44. The predicted molar refractivity (Wildman–Crippen MR) is 80.1 cm³/mol. The summed E-state index contributed by atoms with van der Waals surface area (Å²) in [6.45, 7) is 7.53. The van der Waals surface area contributed by atoms with Gasteiger partial charge in [-0.2, -0.15) is 5.10 Å². The smallest absolute Gasteiger partial charge is 0.423 e. The van der Waals surface area contributed by atoms with Crippen molar-refractivity contribution in [2.45, 2.75) is 64.4 Å². The van der Waals surface area contributed by atoms with Gasteiger partial charge in [-0.25, -0.2) is 4.68 Å². The third-order valence-electron chi connectivity index (χ3n) is 4.24. The number of ether oxygens (including phenoxy) is 1. The van der Waals surface area contributed by atoms with Crippen molar-refractivity contribution in [3.63, 3.8) is 0 Å². The monoisotopic (exact) mass is 296 g/mol. The molecule has 1 fully saturated rings. The van der Waals surface area contributed by atoms with Gasteiger partial charge in [0.2, 0.25) is 0 Å². The lowest BCUT2D eigenvalue weighted by Crippen LogP contribution is -2.53. The average molecular weight is 296 g/mol. The second-order valence-electron chi connectivity index (χ2n) is 6.61. The van der Waals surface area contributed by atoms with Crippen molar-refractivity contribution in [3.05, 3.63) is 12.4 Å². The first-order valence-electron chi connectivity index (χ1n) is 7.44. The summed E-state index contributed by atoms with van der Waals surface area (Å²) in [4.78, 5) is 0. The van der Waals surface area contributed by atoms with Crippen LogP contribution in [0.4, 0.5) is 0 Å². The molecule has 0 amide bonds. The van der Waals surface area contributed by atoms with Gasteiger partial charge in [0.15, 0.2) is 0 Å². The van der Waals surface area contributed by atoms with E-state index in [0.717, 1.165) is 25.9 Å². The minimum atomic E-state index is -1.14. The summed E-state index contributed by atoms with van der Waals surface area (Å²) in [5, 5.41) is 24.5. The molecule has 7 heteroatoms. The van der Waals surface area contributed by atoms with Crippen molar-refractivity contribution in [2.75, 3.05) is 6.61 Å². The van der Waals surface area contributed by atoms with Crippen LogP contribution in [0.3, 0.4) is 0 Å². The van der Waals surface area contributed by atoms with Crippen molar-refractivity contribution < 1.29 is 19.5 Å². The summed E-state index contributed by atoms with van der Waals surface area (Å²) in [7, 11) is -1.14. The molecule has 0 bridgehead atoms. The van der Waals surface area contributed by atoms with Crippen LogP contribution in [0.5, 0.6) is 0 Å². The Morgan fingerprint density at radius 2 is 2.10 bits per heavy atom. The minimum absolute atomic E-state index is 0.0676. The van der Waals surface area contributed by atoms with Crippen molar-refractivity contribution >= 4 is 12.6 Å².